The number of amides is 1. The van der Waals surface area contributed by atoms with Crippen molar-refractivity contribution < 1.29 is 14.7 Å². The summed E-state index contributed by atoms with van der Waals surface area (Å²) in [4.78, 5) is 24.2. The van der Waals surface area contributed by atoms with Gasteiger partial charge in [-0.2, -0.15) is 11.8 Å². The number of carbonyl (C=O) groups is 2. The van der Waals surface area contributed by atoms with E-state index in [1.165, 1.54) is 4.90 Å². The lowest BCUT2D eigenvalue weighted by Gasteiger charge is -2.51. The van der Waals surface area contributed by atoms with E-state index < -0.39 is 11.5 Å². The van der Waals surface area contributed by atoms with Crippen LogP contribution in [0, 0.1) is 5.41 Å². The number of aliphatic carboxylic acids is 1. The van der Waals surface area contributed by atoms with Gasteiger partial charge in [-0.15, -0.1) is 0 Å². The van der Waals surface area contributed by atoms with Crippen molar-refractivity contribution in [1.29, 1.82) is 0 Å². The van der Waals surface area contributed by atoms with E-state index in [4.69, 9.17) is 0 Å². The Bertz CT molecular complexity index is 293. The summed E-state index contributed by atoms with van der Waals surface area (Å²) in [6.07, 6.45) is 1.48. The SMILES string of the molecule is CCN(C=O)C1(C(=O)O)CSCCC1(C)C. The van der Waals surface area contributed by atoms with Crippen molar-refractivity contribution in [2.45, 2.75) is 32.7 Å². The summed E-state index contributed by atoms with van der Waals surface area (Å²) in [6, 6.07) is 0. The molecule has 1 aliphatic rings. The number of rotatable bonds is 4. The van der Waals surface area contributed by atoms with Gasteiger partial charge in [0.2, 0.25) is 6.41 Å². The van der Waals surface area contributed by atoms with Crippen LogP contribution in [0.5, 0.6) is 0 Å². The standard InChI is InChI=1S/C11H19NO3S/c1-4-12(8-13)11(9(14)15)7-16-6-5-10(11,2)3/h8H,4-7H2,1-3H3,(H,14,15). The Morgan fingerprint density at radius 2 is 2.19 bits per heavy atom. The molecule has 0 aliphatic carbocycles. The molecule has 92 valence electrons. The molecule has 0 aromatic carbocycles. The maximum absolute atomic E-state index is 11.6. The van der Waals surface area contributed by atoms with Gasteiger partial charge in [0, 0.05) is 17.7 Å². The summed E-state index contributed by atoms with van der Waals surface area (Å²) in [6.45, 7) is 6.12. The van der Waals surface area contributed by atoms with Crippen LogP contribution in [0.25, 0.3) is 0 Å². The van der Waals surface area contributed by atoms with Gasteiger partial charge in [0.15, 0.2) is 5.54 Å². The van der Waals surface area contributed by atoms with E-state index in [9.17, 15) is 14.7 Å². The normalized spacial score (nSPS) is 28.4. The Hall–Kier alpha value is -0.710. The summed E-state index contributed by atoms with van der Waals surface area (Å²) in [7, 11) is 0. The van der Waals surface area contributed by atoms with Crippen LogP contribution in [0.4, 0.5) is 0 Å². The third kappa shape index (κ3) is 1.81. The molecule has 0 radical (unpaired) electrons. The minimum atomic E-state index is -1.06. The molecule has 1 aliphatic heterocycles. The third-order valence-corrected chi connectivity index (χ3v) is 4.73. The van der Waals surface area contributed by atoms with Crippen molar-refractivity contribution >= 4 is 24.1 Å². The average molecular weight is 245 g/mol. The van der Waals surface area contributed by atoms with E-state index in [2.05, 4.69) is 0 Å². The lowest BCUT2D eigenvalue weighted by molar-refractivity contribution is -0.162. The van der Waals surface area contributed by atoms with Crippen molar-refractivity contribution in [3.05, 3.63) is 0 Å². The quantitative estimate of drug-likeness (QED) is 0.762. The van der Waals surface area contributed by atoms with Gasteiger partial charge in [0.1, 0.15) is 0 Å². The fourth-order valence-corrected chi connectivity index (χ4v) is 4.10. The van der Waals surface area contributed by atoms with Crippen molar-refractivity contribution in [2.24, 2.45) is 5.41 Å². The van der Waals surface area contributed by atoms with Crippen LogP contribution in [0.15, 0.2) is 0 Å². The number of hydrogen-bond donors (Lipinski definition) is 1. The number of hydrogen-bond acceptors (Lipinski definition) is 3. The van der Waals surface area contributed by atoms with Crippen molar-refractivity contribution in [2.75, 3.05) is 18.1 Å². The molecule has 1 rings (SSSR count). The zero-order chi connectivity index (χ0) is 12.4. The van der Waals surface area contributed by atoms with E-state index in [1.807, 2.05) is 20.8 Å². The number of carboxylic acids is 1. The molecule has 16 heavy (non-hydrogen) atoms. The second kappa shape index (κ2) is 4.65. The Morgan fingerprint density at radius 3 is 2.56 bits per heavy atom. The monoisotopic (exact) mass is 245 g/mol. The van der Waals surface area contributed by atoms with Crippen molar-refractivity contribution in [1.82, 2.24) is 4.90 Å². The summed E-state index contributed by atoms with van der Waals surface area (Å²) in [5.41, 5.74) is -1.45. The molecule has 0 aromatic heterocycles. The van der Waals surface area contributed by atoms with Crippen molar-refractivity contribution in [3.8, 4) is 0 Å². The maximum Gasteiger partial charge on any atom is 0.331 e. The first-order valence-electron chi connectivity index (χ1n) is 5.45. The molecular formula is C11H19NO3S. The Labute approximate surface area is 100 Å². The minimum Gasteiger partial charge on any atom is -0.479 e. The zero-order valence-corrected chi connectivity index (χ0v) is 10.8. The molecule has 1 N–H and O–H groups in total. The summed E-state index contributed by atoms with van der Waals surface area (Å²) < 4.78 is 0. The second-order valence-corrected chi connectivity index (χ2v) is 5.85. The van der Waals surface area contributed by atoms with Gasteiger partial charge >= 0.3 is 5.97 Å². The molecule has 0 bridgehead atoms. The van der Waals surface area contributed by atoms with E-state index in [-0.39, 0.29) is 5.41 Å². The van der Waals surface area contributed by atoms with Gasteiger partial charge in [0.05, 0.1) is 0 Å². The van der Waals surface area contributed by atoms with Crippen LogP contribution in [0.2, 0.25) is 0 Å². The van der Waals surface area contributed by atoms with E-state index in [1.54, 1.807) is 11.8 Å². The Kier molecular flexibility index (Phi) is 3.88. The predicted octanol–water partition coefficient (Wildman–Crippen LogP) is 1.45. The highest BCUT2D eigenvalue weighted by molar-refractivity contribution is 7.99. The highest BCUT2D eigenvalue weighted by atomic mass is 32.2. The predicted molar refractivity (Wildman–Crippen MR) is 64.5 cm³/mol. The molecule has 1 atom stereocenters. The van der Waals surface area contributed by atoms with Crippen LogP contribution in [-0.4, -0.2) is 46.0 Å². The summed E-state index contributed by atoms with van der Waals surface area (Å²) in [5, 5.41) is 9.54. The van der Waals surface area contributed by atoms with Crippen LogP contribution >= 0.6 is 11.8 Å². The molecular weight excluding hydrogens is 226 g/mol. The van der Waals surface area contributed by atoms with E-state index >= 15 is 0 Å². The Balaban J connectivity index is 3.21. The molecule has 0 saturated carbocycles. The number of thioether (sulfide) groups is 1. The molecule has 1 saturated heterocycles. The van der Waals surface area contributed by atoms with Gasteiger partial charge in [-0.05, 0) is 19.1 Å². The highest BCUT2D eigenvalue weighted by Gasteiger charge is 2.56. The fourth-order valence-electron chi connectivity index (χ4n) is 2.33. The van der Waals surface area contributed by atoms with Crippen LogP contribution < -0.4 is 0 Å². The van der Waals surface area contributed by atoms with Gasteiger partial charge in [-0.25, -0.2) is 4.79 Å². The summed E-state index contributed by atoms with van der Waals surface area (Å²) >= 11 is 1.61. The molecule has 4 nitrogen and oxygen atoms in total. The van der Waals surface area contributed by atoms with E-state index in [0.717, 1.165) is 12.2 Å². The topological polar surface area (TPSA) is 57.6 Å². The van der Waals surface area contributed by atoms with Gasteiger partial charge in [0.25, 0.3) is 0 Å². The maximum atomic E-state index is 11.6. The minimum absolute atomic E-state index is 0.388. The molecule has 0 spiro atoms. The number of carboxylic acid groups (broad SMARTS) is 1. The summed E-state index contributed by atoms with van der Waals surface area (Å²) in [5.74, 6) is 0.541. The molecule has 1 fully saturated rings. The molecule has 1 amide bonds. The third-order valence-electron chi connectivity index (χ3n) is 3.61. The average Bonchev–Trinajstić information content (AvgIpc) is 2.21. The van der Waals surface area contributed by atoms with Gasteiger partial charge < -0.3 is 10.0 Å². The first kappa shape index (κ1) is 13.4. The lowest BCUT2D eigenvalue weighted by atomic mass is 9.70. The molecule has 0 aromatic rings. The van der Waals surface area contributed by atoms with E-state index in [0.29, 0.717) is 18.7 Å². The number of nitrogens with zero attached hydrogens (tertiary/aromatic N) is 1. The smallest absolute Gasteiger partial charge is 0.331 e. The first-order valence-corrected chi connectivity index (χ1v) is 6.61. The molecule has 1 heterocycles. The Morgan fingerprint density at radius 1 is 1.56 bits per heavy atom. The molecule has 1 unspecified atom stereocenters. The largest absolute Gasteiger partial charge is 0.479 e. The first-order chi connectivity index (χ1) is 7.42. The second-order valence-electron chi connectivity index (χ2n) is 4.74. The van der Waals surface area contributed by atoms with Gasteiger partial charge in [-0.1, -0.05) is 13.8 Å². The van der Waals surface area contributed by atoms with Crippen LogP contribution in [0.1, 0.15) is 27.2 Å². The zero-order valence-electron chi connectivity index (χ0n) is 10.0. The lowest BCUT2D eigenvalue weighted by Crippen LogP contribution is -2.66. The van der Waals surface area contributed by atoms with Crippen molar-refractivity contribution in [3.63, 3.8) is 0 Å². The number of likely N-dealkylation sites (N-methyl/N-ethyl adjacent to an activating group) is 1. The fraction of sp³-hybridized carbons (Fsp3) is 0.818. The van der Waals surface area contributed by atoms with Crippen LogP contribution in [-0.2, 0) is 9.59 Å². The highest BCUT2D eigenvalue weighted by Crippen LogP contribution is 2.45. The van der Waals surface area contributed by atoms with Gasteiger partial charge in [-0.3, -0.25) is 4.79 Å². The number of carbonyl (C=O) groups excluding carboxylic acids is 1. The molecule has 5 heteroatoms. The van der Waals surface area contributed by atoms with Crippen LogP contribution in [0.3, 0.4) is 0 Å².